The number of nitrogens with zero attached hydrogens (tertiary/aromatic N) is 2. The van der Waals surface area contributed by atoms with E-state index in [4.69, 9.17) is 4.74 Å². The second kappa shape index (κ2) is 6.42. The van der Waals surface area contributed by atoms with Crippen LogP contribution in [0.1, 0.15) is 24.8 Å². The number of carbonyl (C=O) groups is 1. The zero-order valence-corrected chi connectivity index (χ0v) is 14.4. The molecule has 8 heteroatoms. The standard InChI is InChI=1S/C17H24N4O4/c1-20-16(23)10(9-18-17(20)24)8-12(22)19-13-11-4-7-25-15(11)14(13)21-5-2-3-6-21/h9,11,13-15H,2-8H2,1H3,(H,18,24)(H,19,22)/t11-,13+,14-,15-/m1/s1. The van der Waals surface area contributed by atoms with Crippen molar-refractivity contribution in [1.29, 1.82) is 0 Å². The molecule has 2 N–H and O–H groups in total. The number of hydrogen-bond donors (Lipinski definition) is 2. The van der Waals surface area contributed by atoms with E-state index in [2.05, 4.69) is 15.2 Å². The summed E-state index contributed by atoms with van der Waals surface area (Å²) in [6.07, 6.45) is 4.91. The minimum absolute atomic E-state index is 0.0229. The van der Waals surface area contributed by atoms with Crippen LogP contribution >= 0.6 is 0 Å². The van der Waals surface area contributed by atoms with E-state index in [1.165, 1.54) is 26.1 Å². The first kappa shape index (κ1) is 16.5. The van der Waals surface area contributed by atoms with Gasteiger partial charge < -0.3 is 15.0 Å². The van der Waals surface area contributed by atoms with Gasteiger partial charge >= 0.3 is 5.69 Å². The normalized spacial score (nSPS) is 31.6. The quantitative estimate of drug-likeness (QED) is 0.726. The SMILES string of the molecule is Cn1c(=O)[nH]cc(CC(=O)N[C@H]2[C@H]3CCO[C@H]3[C@@H]2N2CCCC2)c1=O. The van der Waals surface area contributed by atoms with Crippen molar-refractivity contribution in [3.8, 4) is 0 Å². The molecule has 1 amide bonds. The molecule has 4 atom stereocenters. The van der Waals surface area contributed by atoms with Gasteiger partial charge in [-0.2, -0.15) is 0 Å². The third kappa shape index (κ3) is 2.83. The van der Waals surface area contributed by atoms with Crippen molar-refractivity contribution < 1.29 is 9.53 Å². The summed E-state index contributed by atoms with van der Waals surface area (Å²) in [6, 6.07) is 0.335. The molecule has 1 aliphatic carbocycles. The maximum Gasteiger partial charge on any atom is 0.328 e. The molecule has 4 rings (SSSR count). The molecule has 3 fully saturated rings. The van der Waals surface area contributed by atoms with Crippen LogP contribution in [0.25, 0.3) is 0 Å². The van der Waals surface area contributed by atoms with E-state index < -0.39 is 11.2 Å². The van der Waals surface area contributed by atoms with Crippen molar-refractivity contribution >= 4 is 5.91 Å². The number of ether oxygens (including phenoxy) is 1. The number of aromatic amines is 1. The van der Waals surface area contributed by atoms with Crippen LogP contribution < -0.4 is 16.6 Å². The molecule has 0 radical (unpaired) electrons. The van der Waals surface area contributed by atoms with Gasteiger partial charge in [0.25, 0.3) is 5.56 Å². The summed E-state index contributed by atoms with van der Waals surface area (Å²) < 4.78 is 6.85. The van der Waals surface area contributed by atoms with Crippen LogP contribution in [-0.4, -0.2) is 58.2 Å². The first-order chi connectivity index (χ1) is 12.1. The average Bonchev–Trinajstić information content (AvgIpc) is 3.24. The van der Waals surface area contributed by atoms with Crippen molar-refractivity contribution in [3.63, 3.8) is 0 Å². The number of likely N-dealkylation sites (tertiary alicyclic amines) is 1. The fraction of sp³-hybridized carbons (Fsp3) is 0.706. The van der Waals surface area contributed by atoms with Gasteiger partial charge in [-0.25, -0.2) is 4.79 Å². The summed E-state index contributed by atoms with van der Waals surface area (Å²) >= 11 is 0. The highest BCUT2D eigenvalue weighted by atomic mass is 16.5. The smallest absolute Gasteiger partial charge is 0.328 e. The van der Waals surface area contributed by atoms with E-state index in [0.717, 1.165) is 30.7 Å². The Bertz CT molecular complexity index is 775. The number of hydrogen-bond acceptors (Lipinski definition) is 5. The van der Waals surface area contributed by atoms with Crippen molar-refractivity contribution in [2.24, 2.45) is 13.0 Å². The summed E-state index contributed by atoms with van der Waals surface area (Å²) in [7, 11) is 1.40. The third-order valence-electron chi connectivity index (χ3n) is 5.84. The minimum atomic E-state index is -0.479. The van der Waals surface area contributed by atoms with Crippen LogP contribution in [0.15, 0.2) is 15.8 Å². The topological polar surface area (TPSA) is 96.4 Å². The monoisotopic (exact) mass is 348 g/mol. The van der Waals surface area contributed by atoms with Crippen LogP contribution in [-0.2, 0) is 23.0 Å². The zero-order chi connectivity index (χ0) is 17.6. The molecule has 0 aromatic carbocycles. The Kier molecular flexibility index (Phi) is 4.24. The Hall–Kier alpha value is -1.93. The van der Waals surface area contributed by atoms with Gasteiger partial charge in [0.15, 0.2) is 0 Å². The molecule has 1 aromatic rings. The Morgan fingerprint density at radius 2 is 2.12 bits per heavy atom. The van der Waals surface area contributed by atoms with Crippen molar-refractivity contribution in [3.05, 3.63) is 32.6 Å². The molecular formula is C17H24N4O4. The highest BCUT2D eigenvalue weighted by Crippen LogP contribution is 2.42. The molecule has 8 nitrogen and oxygen atoms in total. The zero-order valence-electron chi connectivity index (χ0n) is 14.4. The second-order valence-corrected chi connectivity index (χ2v) is 7.27. The number of aromatic nitrogens is 2. The molecule has 25 heavy (non-hydrogen) atoms. The molecule has 0 bridgehead atoms. The van der Waals surface area contributed by atoms with Crippen molar-refractivity contribution in [1.82, 2.24) is 19.8 Å². The number of H-pyrrole nitrogens is 1. The third-order valence-corrected chi connectivity index (χ3v) is 5.84. The highest BCUT2D eigenvalue weighted by molar-refractivity contribution is 5.79. The summed E-state index contributed by atoms with van der Waals surface area (Å²) in [4.78, 5) is 40.9. The van der Waals surface area contributed by atoms with Crippen LogP contribution in [0.2, 0.25) is 0 Å². The first-order valence-corrected chi connectivity index (χ1v) is 8.99. The van der Waals surface area contributed by atoms with Crippen LogP contribution in [0.5, 0.6) is 0 Å². The molecule has 3 heterocycles. The molecule has 2 saturated heterocycles. The molecule has 1 aromatic heterocycles. The minimum Gasteiger partial charge on any atom is -0.376 e. The van der Waals surface area contributed by atoms with Crippen LogP contribution in [0.4, 0.5) is 0 Å². The first-order valence-electron chi connectivity index (χ1n) is 8.99. The summed E-state index contributed by atoms with van der Waals surface area (Å²) in [5.74, 6) is 0.191. The highest BCUT2D eigenvalue weighted by Gasteiger charge is 2.56. The van der Waals surface area contributed by atoms with Gasteiger partial charge in [-0.3, -0.25) is 19.1 Å². The molecule has 1 saturated carbocycles. The Balaban J connectivity index is 1.45. The Labute approximate surface area is 145 Å². The molecule has 136 valence electrons. The van der Waals surface area contributed by atoms with Gasteiger partial charge in [0.05, 0.1) is 24.6 Å². The molecule has 2 aliphatic heterocycles. The van der Waals surface area contributed by atoms with Crippen molar-refractivity contribution in [2.75, 3.05) is 19.7 Å². The Morgan fingerprint density at radius 1 is 1.36 bits per heavy atom. The van der Waals surface area contributed by atoms with Crippen LogP contribution in [0.3, 0.4) is 0 Å². The largest absolute Gasteiger partial charge is 0.376 e. The predicted octanol–water partition coefficient (Wildman–Crippen LogP) is -1.02. The fourth-order valence-corrected chi connectivity index (χ4v) is 4.49. The molecule has 3 aliphatic rings. The van der Waals surface area contributed by atoms with E-state index in [1.807, 2.05) is 0 Å². The van der Waals surface area contributed by atoms with E-state index >= 15 is 0 Å². The van der Waals surface area contributed by atoms with Gasteiger partial charge in [0.1, 0.15) is 0 Å². The van der Waals surface area contributed by atoms with Gasteiger partial charge in [0.2, 0.25) is 5.91 Å². The maximum absolute atomic E-state index is 12.5. The lowest BCUT2D eigenvalue weighted by Gasteiger charge is -2.51. The fourth-order valence-electron chi connectivity index (χ4n) is 4.49. The number of fused-ring (bicyclic) bond motifs is 1. The lowest BCUT2D eigenvalue weighted by atomic mass is 9.70. The predicted molar refractivity (Wildman–Crippen MR) is 90.4 cm³/mol. The van der Waals surface area contributed by atoms with Gasteiger partial charge in [0, 0.05) is 31.3 Å². The maximum atomic E-state index is 12.5. The van der Waals surface area contributed by atoms with Gasteiger partial charge in [-0.15, -0.1) is 0 Å². The van der Waals surface area contributed by atoms with Gasteiger partial charge in [-0.1, -0.05) is 0 Å². The van der Waals surface area contributed by atoms with E-state index in [1.54, 1.807) is 0 Å². The summed E-state index contributed by atoms with van der Waals surface area (Å²) in [5, 5.41) is 3.12. The lowest BCUT2D eigenvalue weighted by molar-refractivity contribution is -0.128. The average molecular weight is 348 g/mol. The van der Waals surface area contributed by atoms with E-state index in [-0.39, 0.29) is 30.5 Å². The molecular weight excluding hydrogens is 324 g/mol. The number of rotatable bonds is 4. The number of nitrogens with one attached hydrogen (secondary N) is 2. The molecule has 0 spiro atoms. The Morgan fingerprint density at radius 3 is 2.88 bits per heavy atom. The van der Waals surface area contributed by atoms with E-state index in [0.29, 0.717) is 11.5 Å². The van der Waals surface area contributed by atoms with Gasteiger partial charge in [-0.05, 0) is 32.4 Å². The lowest BCUT2D eigenvalue weighted by Crippen LogP contribution is -2.70. The number of amides is 1. The second-order valence-electron chi connectivity index (χ2n) is 7.27. The summed E-state index contributed by atoms with van der Waals surface area (Å²) in [6.45, 7) is 2.88. The number of carbonyl (C=O) groups excluding carboxylic acids is 1. The summed E-state index contributed by atoms with van der Waals surface area (Å²) in [5.41, 5.74) is -0.602. The van der Waals surface area contributed by atoms with E-state index in [9.17, 15) is 14.4 Å². The molecule has 0 unspecified atom stereocenters. The van der Waals surface area contributed by atoms with Crippen LogP contribution in [0, 0.1) is 5.92 Å². The van der Waals surface area contributed by atoms with Crippen molar-refractivity contribution in [2.45, 2.75) is 43.9 Å².